The van der Waals surface area contributed by atoms with Gasteiger partial charge in [0, 0.05) is 23.7 Å². The van der Waals surface area contributed by atoms with Crippen LogP contribution in [0.25, 0.3) is 11.3 Å². The number of aromatic nitrogens is 1. The molecule has 1 aromatic heterocycles. The summed E-state index contributed by atoms with van der Waals surface area (Å²) in [5.41, 5.74) is 1.74. The Morgan fingerprint density at radius 3 is 2.81 bits per heavy atom. The molecule has 6 heteroatoms. The minimum absolute atomic E-state index is 0. The first kappa shape index (κ1) is 15.5. The summed E-state index contributed by atoms with van der Waals surface area (Å²) in [7, 11) is 0. The standard InChI is InChI=1S/C15H17N3O2.ClH/c19-15(8-13-2-1-7-17-13)18-12-5-3-11(4-6-12)14-9-16-10-20-14;/h3-6,9-10,13,17H,1-2,7-8H2,(H,18,19);1H. The van der Waals surface area contributed by atoms with E-state index in [0.717, 1.165) is 36.4 Å². The van der Waals surface area contributed by atoms with Gasteiger partial charge in [-0.3, -0.25) is 4.79 Å². The minimum Gasteiger partial charge on any atom is -0.444 e. The smallest absolute Gasteiger partial charge is 0.225 e. The van der Waals surface area contributed by atoms with Crippen molar-refractivity contribution in [2.45, 2.75) is 25.3 Å². The van der Waals surface area contributed by atoms with Crippen molar-refractivity contribution in [1.29, 1.82) is 0 Å². The van der Waals surface area contributed by atoms with E-state index in [9.17, 15) is 4.79 Å². The number of rotatable bonds is 4. The third-order valence-electron chi connectivity index (χ3n) is 3.48. The van der Waals surface area contributed by atoms with Gasteiger partial charge in [-0.1, -0.05) is 0 Å². The fourth-order valence-electron chi connectivity index (χ4n) is 2.44. The van der Waals surface area contributed by atoms with Gasteiger partial charge in [0.05, 0.1) is 6.20 Å². The topological polar surface area (TPSA) is 67.2 Å². The van der Waals surface area contributed by atoms with E-state index in [1.165, 1.54) is 6.39 Å². The number of benzene rings is 1. The van der Waals surface area contributed by atoms with E-state index >= 15 is 0 Å². The number of hydrogen-bond acceptors (Lipinski definition) is 4. The van der Waals surface area contributed by atoms with Crippen LogP contribution in [0.5, 0.6) is 0 Å². The fraction of sp³-hybridized carbons (Fsp3) is 0.333. The number of nitrogens with one attached hydrogen (secondary N) is 2. The van der Waals surface area contributed by atoms with Gasteiger partial charge in [-0.2, -0.15) is 0 Å². The number of anilines is 1. The molecule has 1 aliphatic heterocycles. The van der Waals surface area contributed by atoms with Gasteiger partial charge in [-0.15, -0.1) is 12.4 Å². The quantitative estimate of drug-likeness (QED) is 0.911. The zero-order chi connectivity index (χ0) is 13.8. The third kappa shape index (κ3) is 4.06. The number of halogens is 1. The number of amides is 1. The van der Waals surface area contributed by atoms with Crippen molar-refractivity contribution in [1.82, 2.24) is 10.3 Å². The SMILES string of the molecule is Cl.O=C(CC1CCCN1)Nc1ccc(-c2cnco2)cc1. The van der Waals surface area contributed by atoms with Gasteiger partial charge >= 0.3 is 0 Å². The summed E-state index contributed by atoms with van der Waals surface area (Å²) in [6.07, 6.45) is 5.84. The van der Waals surface area contributed by atoms with Gasteiger partial charge in [0.1, 0.15) is 0 Å². The molecule has 3 rings (SSSR count). The van der Waals surface area contributed by atoms with Crippen LogP contribution in [-0.2, 0) is 4.79 Å². The maximum Gasteiger partial charge on any atom is 0.225 e. The number of carbonyl (C=O) groups excluding carboxylic acids is 1. The van der Waals surface area contributed by atoms with Crippen molar-refractivity contribution in [2.75, 3.05) is 11.9 Å². The Hall–Kier alpha value is -1.85. The first-order valence-corrected chi connectivity index (χ1v) is 6.83. The summed E-state index contributed by atoms with van der Waals surface area (Å²) >= 11 is 0. The van der Waals surface area contributed by atoms with Crippen molar-refractivity contribution >= 4 is 24.0 Å². The van der Waals surface area contributed by atoms with Gasteiger partial charge < -0.3 is 15.1 Å². The first-order chi connectivity index (χ1) is 9.81. The molecule has 1 saturated heterocycles. The molecule has 0 radical (unpaired) electrons. The molecule has 0 spiro atoms. The maximum atomic E-state index is 11.9. The van der Waals surface area contributed by atoms with Gasteiger partial charge in [-0.25, -0.2) is 4.98 Å². The summed E-state index contributed by atoms with van der Waals surface area (Å²) in [5.74, 6) is 0.773. The molecule has 2 aromatic rings. The Morgan fingerprint density at radius 2 is 2.19 bits per heavy atom. The second-order valence-electron chi connectivity index (χ2n) is 4.99. The lowest BCUT2D eigenvalue weighted by Crippen LogP contribution is -2.27. The highest BCUT2D eigenvalue weighted by Crippen LogP contribution is 2.21. The van der Waals surface area contributed by atoms with Gasteiger partial charge in [0.25, 0.3) is 0 Å². The summed E-state index contributed by atoms with van der Waals surface area (Å²) < 4.78 is 5.22. The predicted octanol–water partition coefficient (Wildman–Crippen LogP) is 2.84. The molecule has 0 bridgehead atoms. The number of oxazole rings is 1. The van der Waals surface area contributed by atoms with E-state index in [1.54, 1.807) is 6.20 Å². The number of hydrogen-bond donors (Lipinski definition) is 2. The van der Waals surface area contributed by atoms with Crippen molar-refractivity contribution in [3.8, 4) is 11.3 Å². The van der Waals surface area contributed by atoms with Crippen LogP contribution in [0.1, 0.15) is 19.3 Å². The Bertz CT molecular complexity index is 563. The van der Waals surface area contributed by atoms with E-state index in [1.807, 2.05) is 24.3 Å². The predicted molar refractivity (Wildman–Crippen MR) is 83.5 cm³/mol. The fourth-order valence-corrected chi connectivity index (χ4v) is 2.44. The largest absolute Gasteiger partial charge is 0.444 e. The molecule has 2 heterocycles. The average Bonchev–Trinajstić information content (AvgIpc) is 3.12. The van der Waals surface area contributed by atoms with E-state index in [0.29, 0.717) is 12.5 Å². The van der Waals surface area contributed by atoms with Crippen molar-refractivity contribution in [2.24, 2.45) is 0 Å². The summed E-state index contributed by atoms with van der Waals surface area (Å²) in [6, 6.07) is 7.88. The van der Waals surface area contributed by atoms with Gasteiger partial charge in [0.15, 0.2) is 12.2 Å². The highest BCUT2D eigenvalue weighted by Gasteiger charge is 2.17. The molecule has 5 nitrogen and oxygen atoms in total. The molecule has 1 atom stereocenters. The second kappa shape index (κ2) is 7.24. The van der Waals surface area contributed by atoms with Crippen molar-refractivity contribution in [3.63, 3.8) is 0 Å². The first-order valence-electron chi connectivity index (χ1n) is 6.83. The highest BCUT2D eigenvalue weighted by molar-refractivity contribution is 5.91. The molecule has 2 N–H and O–H groups in total. The second-order valence-corrected chi connectivity index (χ2v) is 4.99. The summed E-state index contributed by atoms with van der Waals surface area (Å²) in [4.78, 5) is 15.8. The zero-order valence-electron chi connectivity index (χ0n) is 11.5. The van der Waals surface area contributed by atoms with Crippen LogP contribution in [0.4, 0.5) is 5.69 Å². The molecular weight excluding hydrogens is 290 g/mol. The molecule has 1 amide bonds. The maximum absolute atomic E-state index is 11.9. The van der Waals surface area contributed by atoms with E-state index < -0.39 is 0 Å². The molecule has 1 fully saturated rings. The highest BCUT2D eigenvalue weighted by atomic mass is 35.5. The minimum atomic E-state index is 0. The van der Waals surface area contributed by atoms with Crippen LogP contribution < -0.4 is 10.6 Å². The average molecular weight is 308 g/mol. The molecule has 1 unspecified atom stereocenters. The van der Waals surface area contributed by atoms with E-state index in [4.69, 9.17) is 4.42 Å². The molecule has 1 aromatic carbocycles. The lowest BCUT2D eigenvalue weighted by molar-refractivity contribution is -0.116. The van der Waals surface area contributed by atoms with Gasteiger partial charge in [0.2, 0.25) is 5.91 Å². The van der Waals surface area contributed by atoms with E-state index in [2.05, 4.69) is 15.6 Å². The van der Waals surface area contributed by atoms with Crippen molar-refractivity contribution in [3.05, 3.63) is 36.9 Å². The van der Waals surface area contributed by atoms with Crippen LogP contribution in [0.15, 0.2) is 41.3 Å². The molecule has 0 saturated carbocycles. The normalized spacial score (nSPS) is 17.2. The monoisotopic (exact) mass is 307 g/mol. The lowest BCUT2D eigenvalue weighted by Gasteiger charge is -2.10. The number of nitrogens with zero attached hydrogens (tertiary/aromatic N) is 1. The third-order valence-corrected chi connectivity index (χ3v) is 3.48. The van der Waals surface area contributed by atoms with Crippen molar-refractivity contribution < 1.29 is 9.21 Å². The Balaban J connectivity index is 0.00000161. The van der Waals surface area contributed by atoms with Crippen LogP contribution in [-0.4, -0.2) is 23.5 Å². The van der Waals surface area contributed by atoms with Crippen LogP contribution in [0.3, 0.4) is 0 Å². The van der Waals surface area contributed by atoms with Crippen LogP contribution in [0.2, 0.25) is 0 Å². The summed E-state index contributed by atoms with van der Waals surface area (Å²) in [6.45, 7) is 1.02. The Kier molecular flexibility index (Phi) is 5.36. The van der Waals surface area contributed by atoms with Gasteiger partial charge in [-0.05, 0) is 43.7 Å². The molecule has 1 aliphatic rings. The molecule has 112 valence electrons. The van der Waals surface area contributed by atoms with E-state index in [-0.39, 0.29) is 18.3 Å². The Labute approximate surface area is 129 Å². The summed E-state index contributed by atoms with van der Waals surface area (Å²) in [5, 5.41) is 6.24. The Morgan fingerprint density at radius 1 is 1.38 bits per heavy atom. The zero-order valence-corrected chi connectivity index (χ0v) is 12.4. The molecule has 21 heavy (non-hydrogen) atoms. The number of carbonyl (C=O) groups is 1. The molecular formula is C15H18ClN3O2. The molecule has 0 aliphatic carbocycles. The van der Waals surface area contributed by atoms with Crippen LogP contribution >= 0.6 is 12.4 Å². The van der Waals surface area contributed by atoms with Crippen LogP contribution in [0, 0.1) is 0 Å². The lowest BCUT2D eigenvalue weighted by atomic mass is 10.1.